The third kappa shape index (κ3) is 0.891. The van der Waals surface area contributed by atoms with E-state index in [-0.39, 0.29) is 6.10 Å². The summed E-state index contributed by atoms with van der Waals surface area (Å²) in [6.45, 7) is 2.60. The molecule has 2 rings (SSSR count). The smallest absolute Gasteiger partial charge is 0.293 e. The molecule has 3 heteroatoms. The molecule has 0 radical (unpaired) electrons. The second kappa shape index (κ2) is 2.73. The van der Waals surface area contributed by atoms with E-state index in [0.717, 1.165) is 12.8 Å². The fourth-order valence-electron chi connectivity index (χ4n) is 2.92. The van der Waals surface area contributed by atoms with Crippen LogP contribution in [0.4, 0.5) is 0 Å². The molecular formula is C9H14O3. The highest BCUT2D eigenvalue weighted by Gasteiger charge is 2.53. The van der Waals surface area contributed by atoms with Gasteiger partial charge in [0.1, 0.15) is 6.10 Å². The molecule has 0 aromatic rings. The Bertz CT molecular complexity index is 192. The lowest BCUT2D eigenvalue weighted by atomic mass is 9.95. The van der Waals surface area contributed by atoms with Crippen LogP contribution in [0.3, 0.4) is 0 Å². The van der Waals surface area contributed by atoms with Gasteiger partial charge in [0.25, 0.3) is 6.47 Å². The number of aliphatic hydroxyl groups is 1. The summed E-state index contributed by atoms with van der Waals surface area (Å²) in [6.07, 6.45) is 1.55. The topological polar surface area (TPSA) is 46.5 Å². The van der Waals surface area contributed by atoms with Crippen molar-refractivity contribution in [2.24, 2.45) is 17.8 Å². The van der Waals surface area contributed by atoms with Crippen LogP contribution in [0.5, 0.6) is 0 Å². The number of hydrogen-bond acceptors (Lipinski definition) is 3. The van der Waals surface area contributed by atoms with Crippen molar-refractivity contribution < 1.29 is 14.6 Å². The summed E-state index contributed by atoms with van der Waals surface area (Å²) in [5.41, 5.74) is 0. The van der Waals surface area contributed by atoms with Crippen LogP contribution in [0.15, 0.2) is 0 Å². The van der Waals surface area contributed by atoms with E-state index in [1.807, 2.05) is 0 Å². The Labute approximate surface area is 71.7 Å². The Hall–Kier alpha value is -0.570. The fourth-order valence-corrected chi connectivity index (χ4v) is 2.92. The van der Waals surface area contributed by atoms with E-state index < -0.39 is 6.10 Å². The van der Waals surface area contributed by atoms with E-state index in [2.05, 4.69) is 6.92 Å². The second-order valence-electron chi connectivity index (χ2n) is 3.95. The zero-order valence-electron chi connectivity index (χ0n) is 7.14. The lowest BCUT2D eigenvalue weighted by Crippen LogP contribution is -2.34. The molecule has 2 aliphatic carbocycles. The summed E-state index contributed by atoms with van der Waals surface area (Å²) in [5.74, 6) is 1.28. The molecule has 2 aliphatic rings. The molecule has 2 bridgehead atoms. The molecule has 1 N–H and O–H groups in total. The number of rotatable bonds is 2. The first-order valence-electron chi connectivity index (χ1n) is 4.53. The van der Waals surface area contributed by atoms with Crippen LogP contribution in [-0.4, -0.2) is 23.8 Å². The Kier molecular flexibility index (Phi) is 1.83. The predicted molar refractivity (Wildman–Crippen MR) is 42.3 cm³/mol. The Morgan fingerprint density at radius 2 is 2.08 bits per heavy atom. The van der Waals surface area contributed by atoms with Crippen molar-refractivity contribution in [2.75, 3.05) is 0 Å². The van der Waals surface area contributed by atoms with Crippen LogP contribution in [0.2, 0.25) is 0 Å². The lowest BCUT2D eigenvalue weighted by molar-refractivity contribution is -0.142. The van der Waals surface area contributed by atoms with Gasteiger partial charge in [-0.25, -0.2) is 0 Å². The number of fused-ring (bicyclic) bond motifs is 2. The second-order valence-corrected chi connectivity index (χ2v) is 3.95. The monoisotopic (exact) mass is 170 g/mol. The molecule has 2 fully saturated rings. The standard InChI is InChI=1S/C9H14O3/c1-5-6-2-3-7(5)9(8(6)11)12-4-10/h4-9,11H,2-3H2,1H3. The van der Waals surface area contributed by atoms with Gasteiger partial charge in [-0.05, 0) is 24.7 Å². The first kappa shape index (κ1) is 8.05. The van der Waals surface area contributed by atoms with Crippen molar-refractivity contribution in [3.63, 3.8) is 0 Å². The van der Waals surface area contributed by atoms with E-state index in [0.29, 0.717) is 24.2 Å². The molecule has 2 saturated carbocycles. The molecule has 0 aromatic carbocycles. The number of ether oxygens (including phenoxy) is 1. The summed E-state index contributed by atoms with van der Waals surface area (Å²) in [4.78, 5) is 10.2. The van der Waals surface area contributed by atoms with Crippen LogP contribution < -0.4 is 0 Å². The van der Waals surface area contributed by atoms with Gasteiger partial charge in [-0.15, -0.1) is 0 Å². The molecule has 0 heterocycles. The van der Waals surface area contributed by atoms with Crippen LogP contribution in [0.25, 0.3) is 0 Å². The van der Waals surface area contributed by atoms with Gasteiger partial charge < -0.3 is 9.84 Å². The van der Waals surface area contributed by atoms with Gasteiger partial charge >= 0.3 is 0 Å². The zero-order valence-corrected chi connectivity index (χ0v) is 7.14. The highest BCUT2D eigenvalue weighted by molar-refractivity contribution is 5.38. The van der Waals surface area contributed by atoms with Gasteiger partial charge in [-0.1, -0.05) is 6.92 Å². The molecule has 0 aliphatic heterocycles. The third-order valence-corrected chi connectivity index (χ3v) is 3.59. The summed E-state index contributed by atoms with van der Waals surface area (Å²) in [6, 6.07) is 0. The quantitative estimate of drug-likeness (QED) is 0.616. The minimum atomic E-state index is -0.413. The van der Waals surface area contributed by atoms with Crippen LogP contribution in [-0.2, 0) is 9.53 Å². The third-order valence-electron chi connectivity index (χ3n) is 3.59. The predicted octanol–water partition coefficient (Wildman–Crippen LogP) is 0.565. The highest BCUT2D eigenvalue weighted by Crippen LogP contribution is 2.50. The van der Waals surface area contributed by atoms with E-state index in [1.165, 1.54) is 0 Å². The maximum absolute atomic E-state index is 10.2. The van der Waals surface area contributed by atoms with E-state index in [1.54, 1.807) is 0 Å². The first-order valence-corrected chi connectivity index (χ1v) is 4.53. The van der Waals surface area contributed by atoms with Crippen LogP contribution >= 0.6 is 0 Å². The largest absolute Gasteiger partial charge is 0.462 e. The van der Waals surface area contributed by atoms with E-state index in [4.69, 9.17) is 4.74 Å². The SMILES string of the molecule is CC1C2CCC1C(OC=O)C2O. The van der Waals surface area contributed by atoms with Crippen LogP contribution in [0.1, 0.15) is 19.8 Å². The highest BCUT2D eigenvalue weighted by atomic mass is 16.5. The molecular weight excluding hydrogens is 156 g/mol. The van der Waals surface area contributed by atoms with Gasteiger partial charge in [0.05, 0.1) is 6.10 Å². The molecule has 0 amide bonds. The summed E-state index contributed by atoms with van der Waals surface area (Å²) < 4.78 is 4.89. The summed E-state index contributed by atoms with van der Waals surface area (Å²) in [7, 11) is 0. The number of aliphatic hydroxyl groups excluding tert-OH is 1. The molecule has 0 spiro atoms. The average molecular weight is 170 g/mol. The van der Waals surface area contributed by atoms with Gasteiger partial charge in [0, 0.05) is 5.92 Å². The molecule has 5 unspecified atom stereocenters. The fraction of sp³-hybridized carbons (Fsp3) is 0.889. The Balaban J connectivity index is 2.12. The van der Waals surface area contributed by atoms with Crippen LogP contribution in [0, 0.1) is 17.8 Å². The molecule has 0 saturated heterocycles. The molecule has 68 valence electrons. The molecule has 5 atom stereocenters. The van der Waals surface area contributed by atoms with Crippen molar-refractivity contribution >= 4 is 6.47 Å². The minimum absolute atomic E-state index is 0.226. The Morgan fingerprint density at radius 1 is 1.42 bits per heavy atom. The van der Waals surface area contributed by atoms with Crippen molar-refractivity contribution in [2.45, 2.75) is 32.0 Å². The Morgan fingerprint density at radius 3 is 2.58 bits per heavy atom. The van der Waals surface area contributed by atoms with Crippen molar-refractivity contribution in [1.82, 2.24) is 0 Å². The first-order chi connectivity index (χ1) is 5.75. The minimum Gasteiger partial charge on any atom is -0.462 e. The number of hydrogen-bond donors (Lipinski definition) is 1. The molecule has 12 heavy (non-hydrogen) atoms. The number of carbonyl (C=O) groups excluding carboxylic acids is 1. The van der Waals surface area contributed by atoms with Gasteiger partial charge in [0.2, 0.25) is 0 Å². The summed E-state index contributed by atoms with van der Waals surface area (Å²) in [5, 5.41) is 9.70. The van der Waals surface area contributed by atoms with E-state index in [9.17, 15) is 9.90 Å². The normalized spacial score (nSPS) is 51.0. The maximum atomic E-state index is 10.2. The number of carbonyl (C=O) groups is 1. The zero-order chi connectivity index (χ0) is 8.72. The van der Waals surface area contributed by atoms with Crippen molar-refractivity contribution in [3.05, 3.63) is 0 Å². The summed E-state index contributed by atoms with van der Waals surface area (Å²) >= 11 is 0. The van der Waals surface area contributed by atoms with Gasteiger partial charge in [-0.2, -0.15) is 0 Å². The van der Waals surface area contributed by atoms with Crippen molar-refractivity contribution in [3.8, 4) is 0 Å². The van der Waals surface area contributed by atoms with Crippen molar-refractivity contribution in [1.29, 1.82) is 0 Å². The van der Waals surface area contributed by atoms with Gasteiger partial charge in [-0.3, -0.25) is 4.79 Å². The van der Waals surface area contributed by atoms with E-state index >= 15 is 0 Å². The molecule has 0 aromatic heterocycles. The lowest BCUT2D eigenvalue weighted by Gasteiger charge is -2.24. The van der Waals surface area contributed by atoms with Gasteiger partial charge in [0.15, 0.2) is 0 Å². The average Bonchev–Trinajstić information content (AvgIpc) is 2.50. The molecule has 3 nitrogen and oxygen atoms in total. The maximum Gasteiger partial charge on any atom is 0.293 e.